The highest BCUT2D eigenvalue weighted by Crippen LogP contribution is 2.42. The van der Waals surface area contributed by atoms with E-state index in [1.54, 1.807) is 19.1 Å². The van der Waals surface area contributed by atoms with Gasteiger partial charge in [0.15, 0.2) is 5.92 Å². The Morgan fingerprint density at radius 1 is 1.46 bits per heavy atom. The fourth-order valence-corrected chi connectivity index (χ4v) is 3.52. The summed E-state index contributed by atoms with van der Waals surface area (Å²) in [4.78, 5) is 12.3. The van der Waals surface area contributed by atoms with E-state index in [2.05, 4.69) is 6.07 Å². The molecule has 0 unspecified atom stereocenters. The highest BCUT2D eigenvalue weighted by molar-refractivity contribution is 5.76. The number of carbonyl (C=O) groups is 1. The van der Waals surface area contributed by atoms with Gasteiger partial charge in [0, 0.05) is 12.5 Å². The normalized spacial score (nSPS) is 22.2. The topological polar surface area (TPSA) is 59.3 Å². The molecular formula is C19H24FNO3. The van der Waals surface area contributed by atoms with E-state index in [9.17, 15) is 14.4 Å². The number of halogens is 1. The van der Waals surface area contributed by atoms with Crippen molar-refractivity contribution in [1.82, 2.24) is 0 Å². The molecule has 0 N–H and O–H groups in total. The van der Waals surface area contributed by atoms with Gasteiger partial charge in [-0.2, -0.15) is 5.26 Å². The van der Waals surface area contributed by atoms with Crippen molar-refractivity contribution < 1.29 is 18.7 Å². The van der Waals surface area contributed by atoms with Crippen LogP contribution in [0.3, 0.4) is 0 Å². The number of rotatable bonds is 5. The summed E-state index contributed by atoms with van der Waals surface area (Å²) >= 11 is 0. The van der Waals surface area contributed by atoms with E-state index in [0.29, 0.717) is 6.61 Å². The van der Waals surface area contributed by atoms with Crippen LogP contribution in [-0.2, 0) is 14.3 Å². The lowest BCUT2D eigenvalue weighted by molar-refractivity contribution is -0.148. The fraction of sp³-hybridized carbons (Fsp3) is 0.579. The second kappa shape index (κ2) is 7.76. The second-order valence-electron chi connectivity index (χ2n) is 6.80. The van der Waals surface area contributed by atoms with Gasteiger partial charge >= 0.3 is 5.97 Å². The molecule has 0 radical (unpaired) electrons. The molecular weight excluding hydrogens is 309 g/mol. The van der Waals surface area contributed by atoms with Crippen molar-refractivity contribution >= 4 is 5.97 Å². The van der Waals surface area contributed by atoms with Gasteiger partial charge in [-0.15, -0.1) is 0 Å². The smallest absolute Gasteiger partial charge is 0.323 e. The van der Waals surface area contributed by atoms with Gasteiger partial charge in [0.25, 0.3) is 0 Å². The van der Waals surface area contributed by atoms with Crippen molar-refractivity contribution in [1.29, 1.82) is 5.26 Å². The van der Waals surface area contributed by atoms with Crippen LogP contribution < -0.4 is 0 Å². The van der Waals surface area contributed by atoms with E-state index in [1.165, 1.54) is 12.1 Å². The molecule has 3 atom stereocenters. The van der Waals surface area contributed by atoms with Crippen LogP contribution >= 0.6 is 0 Å². The lowest BCUT2D eigenvalue weighted by Gasteiger charge is -2.40. The van der Waals surface area contributed by atoms with Crippen molar-refractivity contribution in [3.63, 3.8) is 0 Å². The molecule has 1 aromatic carbocycles. The number of carbonyl (C=O) groups excluding carboxylic acids is 1. The van der Waals surface area contributed by atoms with Gasteiger partial charge in [-0.1, -0.05) is 12.1 Å². The van der Waals surface area contributed by atoms with Gasteiger partial charge in [-0.05, 0) is 57.2 Å². The van der Waals surface area contributed by atoms with Gasteiger partial charge in [0.2, 0.25) is 0 Å². The first-order chi connectivity index (χ1) is 11.4. The summed E-state index contributed by atoms with van der Waals surface area (Å²) in [5.41, 5.74) is 0.481. The lowest BCUT2D eigenvalue weighted by Crippen LogP contribution is -2.39. The lowest BCUT2D eigenvalue weighted by atomic mass is 9.71. The molecule has 1 aromatic rings. The van der Waals surface area contributed by atoms with Crippen LogP contribution in [0.25, 0.3) is 0 Å². The van der Waals surface area contributed by atoms with Crippen LogP contribution in [0.2, 0.25) is 0 Å². The van der Waals surface area contributed by atoms with E-state index >= 15 is 0 Å². The molecule has 24 heavy (non-hydrogen) atoms. The number of hydrogen-bond donors (Lipinski definition) is 0. The molecule has 0 aromatic heterocycles. The molecule has 2 rings (SSSR count). The van der Waals surface area contributed by atoms with Crippen molar-refractivity contribution in [2.45, 2.75) is 45.1 Å². The summed E-state index contributed by atoms with van der Waals surface area (Å²) in [6.45, 7) is 6.54. The van der Waals surface area contributed by atoms with Crippen LogP contribution in [0.1, 0.15) is 45.1 Å². The van der Waals surface area contributed by atoms with Crippen LogP contribution in [0.15, 0.2) is 24.3 Å². The zero-order valence-corrected chi connectivity index (χ0v) is 14.4. The summed E-state index contributed by atoms with van der Waals surface area (Å²) in [5.74, 6) is -2.01. The molecule has 1 heterocycles. The summed E-state index contributed by atoms with van der Waals surface area (Å²) in [7, 11) is 0. The zero-order chi connectivity index (χ0) is 17.7. The average Bonchev–Trinajstić information content (AvgIpc) is 2.52. The van der Waals surface area contributed by atoms with Gasteiger partial charge in [0.1, 0.15) is 5.82 Å². The minimum Gasteiger partial charge on any atom is -0.465 e. The molecule has 1 aliphatic heterocycles. The first-order valence-corrected chi connectivity index (χ1v) is 8.33. The Balaban J connectivity index is 2.38. The highest BCUT2D eigenvalue weighted by Gasteiger charge is 2.41. The summed E-state index contributed by atoms with van der Waals surface area (Å²) < 4.78 is 24.2. The van der Waals surface area contributed by atoms with Crippen molar-refractivity contribution in [3.05, 3.63) is 35.6 Å². The van der Waals surface area contributed by atoms with E-state index in [-0.39, 0.29) is 29.9 Å². The molecule has 5 heteroatoms. The third-order valence-electron chi connectivity index (χ3n) is 4.54. The van der Waals surface area contributed by atoms with E-state index in [4.69, 9.17) is 9.47 Å². The molecule has 0 spiro atoms. The third-order valence-corrected chi connectivity index (χ3v) is 4.54. The quantitative estimate of drug-likeness (QED) is 0.769. The summed E-state index contributed by atoms with van der Waals surface area (Å²) in [5, 5.41) is 9.61. The Morgan fingerprint density at radius 3 is 2.67 bits per heavy atom. The number of nitrogens with zero attached hydrogens (tertiary/aromatic N) is 1. The highest BCUT2D eigenvalue weighted by atomic mass is 19.1. The first-order valence-electron chi connectivity index (χ1n) is 8.33. The molecule has 0 saturated carbocycles. The molecule has 1 saturated heterocycles. The monoisotopic (exact) mass is 333 g/mol. The Bertz CT molecular complexity index is 606. The van der Waals surface area contributed by atoms with Crippen LogP contribution in [0.5, 0.6) is 0 Å². The predicted octanol–water partition coefficient (Wildman–Crippen LogP) is 3.82. The van der Waals surface area contributed by atoms with Gasteiger partial charge in [-0.3, -0.25) is 4.79 Å². The standard InChI is InChI=1S/C19H24FNO3/c1-4-23-18(22)16(12-21)17(13-5-7-15(20)8-6-13)14-9-10-24-19(2,3)11-14/h5-8,14,16-17H,4,9-11H2,1-3H3/t14-,16-,17-/m1/s1. The molecule has 4 nitrogen and oxygen atoms in total. The number of nitriles is 1. The molecule has 1 fully saturated rings. The predicted molar refractivity (Wildman–Crippen MR) is 87.6 cm³/mol. The van der Waals surface area contributed by atoms with E-state index in [1.807, 2.05) is 13.8 Å². The molecule has 130 valence electrons. The van der Waals surface area contributed by atoms with Crippen LogP contribution in [0, 0.1) is 29.0 Å². The van der Waals surface area contributed by atoms with Gasteiger partial charge < -0.3 is 9.47 Å². The van der Waals surface area contributed by atoms with Crippen LogP contribution in [0.4, 0.5) is 4.39 Å². The minimum atomic E-state index is -0.908. The van der Waals surface area contributed by atoms with E-state index in [0.717, 1.165) is 18.4 Å². The minimum absolute atomic E-state index is 0.0910. The Kier molecular flexibility index (Phi) is 5.95. The average molecular weight is 333 g/mol. The number of ether oxygens (including phenoxy) is 2. The second-order valence-corrected chi connectivity index (χ2v) is 6.80. The van der Waals surface area contributed by atoms with Gasteiger partial charge in [-0.25, -0.2) is 4.39 Å². The summed E-state index contributed by atoms with van der Waals surface area (Å²) in [6.07, 6.45) is 1.48. The van der Waals surface area contributed by atoms with Crippen molar-refractivity contribution in [2.75, 3.05) is 13.2 Å². The number of benzene rings is 1. The Hall–Kier alpha value is -1.93. The molecule has 0 bridgehead atoms. The largest absolute Gasteiger partial charge is 0.465 e. The van der Waals surface area contributed by atoms with Crippen LogP contribution in [-0.4, -0.2) is 24.8 Å². The van der Waals surface area contributed by atoms with E-state index < -0.39 is 11.9 Å². The number of hydrogen-bond acceptors (Lipinski definition) is 4. The maximum Gasteiger partial charge on any atom is 0.323 e. The maximum absolute atomic E-state index is 13.3. The summed E-state index contributed by atoms with van der Waals surface area (Å²) in [6, 6.07) is 8.17. The zero-order valence-electron chi connectivity index (χ0n) is 14.4. The molecule has 0 amide bonds. The van der Waals surface area contributed by atoms with Crippen molar-refractivity contribution in [2.24, 2.45) is 11.8 Å². The molecule has 1 aliphatic rings. The third kappa shape index (κ3) is 4.33. The Morgan fingerprint density at radius 2 is 2.12 bits per heavy atom. The fourth-order valence-electron chi connectivity index (χ4n) is 3.52. The van der Waals surface area contributed by atoms with Gasteiger partial charge in [0.05, 0.1) is 18.3 Å². The van der Waals surface area contributed by atoms with Crippen molar-refractivity contribution in [3.8, 4) is 6.07 Å². The SMILES string of the molecule is CCOC(=O)[C@H](C#N)[C@H](c1ccc(F)cc1)[C@@H]1CCOC(C)(C)C1. The maximum atomic E-state index is 13.3. The first kappa shape index (κ1) is 18.4. The Labute approximate surface area is 142 Å². The number of esters is 1. The molecule has 0 aliphatic carbocycles.